The van der Waals surface area contributed by atoms with E-state index < -0.39 is 70.2 Å². The molecular weight excluding hydrogens is 606 g/mol. The van der Waals surface area contributed by atoms with Crippen molar-refractivity contribution in [3.05, 3.63) is 23.8 Å². The number of esters is 2. The highest BCUT2D eigenvalue weighted by Gasteiger charge is 2.68. The van der Waals surface area contributed by atoms with Crippen molar-refractivity contribution in [2.45, 2.75) is 130 Å². The third kappa shape index (κ3) is 7.36. The Kier molecular flexibility index (Phi) is 9.99. The van der Waals surface area contributed by atoms with Crippen LogP contribution in [-0.2, 0) is 33.4 Å². The minimum absolute atomic E-state index is 0.00149. The molecule has 3 saturated carbocycles. The first-order valence-corrected chi connectivity index (χ1v) is 16.8. The molecule has 0 unspecified atom stereocenters. The molecule has 11 nitrogen and oxygen atoms in total. The number of aliphatic hydroxyl groups is 2. The lowest BCUT2D eigenvalue weighted by Crippen LogP contribution is -2.62. The smallest absolute Gasteiger partial charge is 0.408 e. The summed E-state index contributed by atoms with van der Waals surface area (Å²) in [6.07, 6.45) is 4.70. The first-order valence-electron chi connectivity index (χ1n) is 16.8. The maximum absolute atomic E-state index is 13.8. The molecule has 3 N–H and O–H groups in total. The molecule has 0 aromatic heterocycles. The molecule has 11 heteroatoms. The summed E-state index contributed by atoms with van der Waals surface area (Å²) < 4.78 is 16.0. The minimum Gasteiger partial charge on any atom is -0.460 e. The molecule has 0 aliphatic heterocycles. The van der Waals surface area contributed by atoms with Gasteiger partial charge in [0.15, 0.2) is 12.4 Å². The third-order valence-corrected chi connectivity index (χ3v) is 10.8. The predicted molar refractivity (Wildman–Crippen MR) is 172 cm³/mol. The second-order valence-corrected chi connectivity index (χ2v) is 16.5. The van der Waals surface area contributed by atoms with Crippen LogP contribution in [-0.4, -0.2) is 75.4 Å². The van der Waals surface area contributed by atoms with Crippen molar-refractivity contribution in [2.24, 2.45) is 34.5 Å². The summed E-state index contributed by atoms with van der Waals surface area (Å²) in [5.41, 5.74) is -3.91. The molecule has 4 aliphatic carbocycles. The maximum Gasteiger partial charge on any atom is 0.408 e. The zero-order chi connectivity index (χ0) is 35.3. The SMILES string of the molecule is C[C@H]1C[C@H]2[C@H]([C@@H](O)C[C@@]3(C)[C@H]2CC[C@]3(O)C(=O)COC(=O)[C@H](CCC(=O)OC(C)(C)C)NC(=O)OC(C)(C)C)[C@@]2(C)C=CC(=O)C=C12. The number of hydrogen-bond acceptors (Lipinski definition) is 10. The van der Waals surface area contributed by atoms with E-state index in [2.05, 4.69) is 19.2 Å². The fraction of sp³-hybridized carbons (Fsp3) is 0.750. The van der Waals surface area contributed by atoms with Crippen LogP contribution in [0.4, 0.5) is 4.79 Å². The minimum atomic E-state index is -1.85. The Hall–Kier alpha value is -3.05. The Bertz CT molecular complexity index is 1350. The van der Waals surface area contributed by atoms with Gasteiger partial charge in [-0.2, -0.15) is 0 Å². The second kappa shape index (κ2) is 12.8. The van der Waals surface area contributed by atoms with Gasteiger partial charge in [-0.3, -0.25) is 14.4 Å². The van der Waals surface area contributed by atoms with Gasteiger partial charge in [0.1, 0.15) is 22.8 Å². The largest absolute Gasteiger partial charge is 0.460 e. The highest BCUT2D eigenvalue weighted by Crippen LogP contribution is 2.67. The quantitative estimate of drug-likeness (QED) is 0.252. The number of allylic oxidation sites excluding steroid dienone is 4. The average Bonchev–Trinajstić information content (AvgIpc) is 3.19. The summed E-state index contributed by atoms with van der Waals surface area (Å²) in [6.45, 7) is 15.4. The lowest BCUT2D eigenvalue weighted by atomic mass is 9.45. The van der Waals surface area contributed by atoms with Crippen LogP contribution >= 0.6 is 0 Å². The Morgan fingerprint density at radius 2 is 1.70 bits per heavy atom. The Labute approximate surface area is 277 Å². The number of Topliss-reactive ketones (excluding diaryl/α,β-unsaturated/α-hetero) is 1. The number of nitrogens with one attached hydrogen (secondary N) is 1. The molecular formula is C36H53NO10. The van der Waals surface area contributed by atoms with Crippen LogP contribution in [0.5, 0.6) is 0 Å². The van der Waals surface area contributed by atoms with Gasteiger partial charge in [0.05, 0.1) is 6.10 Å². The summed E-state index contributed by atoms with van der Waals surface area (Å²) in [7, 11) is 0. The summed E-state index contributed by atoms with van der Waals surface area (Å²) in [5, 5.41) is 26.2. The van der Waals surface area contributed by atoms with Crippen molar-refractivity contribution in [3.63, 3.8) is 0 Å². The summed E-state index contributed by atoms with van der Waals surface area (Å²) in [6, 6.07) is -1.31. The number of aliphatic hydroxyl groups excluding tert-OH is 1. The molecule has 0 spiro atoms. The predicted octanol–water partition coefficient (Wildman–Crippen LogP) is 4.37. The zero-order valence-electron chi connectivity index (χ0n) is 29.3. The maximum atomic E-state index is 13.8. The van der Waals surface area contributed by atoms with Crippen LogP contribution < -0.4 is 5.32 Å². The van der Waals surface area contributed by atoms with Gasteiger partial charge in [0.25, 0.3) is 0 Å². The molecule has 3 fully saturated rings. The van der Waals surface area contributed by atoms with Gasteiger partial charge in [-0.1, -0.05) is 32.4 Å². The second-order valence-electron chi connectivity index (χ2n) is 16.5. The lowest BCUT2D eigenvalue weighted by molar-refractivity contribution is -0.183. The fourth-order valence-corrected chi connectivity index (χ4v) is 8.92. The van der Waals surface area contributed by atoms with Crippen LogP contribution in [0.1, 0.15) is 101 Å². The molecule has 0 aromatic rings. The van der Waals surface area contributed by atoms with Gasteiger partial charge in [0, 0.05) is 23.2 Å². The average molecular weight is 660 g/mol. The van der Waals surface area contributed by atoms with Crippen molar-refractivity contribution in [1.29, 1.82) is 0 Å². The van der Waals surface area contributed by atoms with Gasteiger partial charge < -0.3 is 29.7 Å². The van der Waals surface area contributed by atoms with Gasteiger partial charge in [0.2, 0.25) is 5.78 Å². The van der Waals surface area contributed by atoms with E-state index in [0.29, 0.717) is 6.42 Å². The molecule has 0 radical (unpaired) electrons. The first-order chi connectivity index (χ1) is 21.5. The van der Waals surface area contributed by atoms with Crippen LogP contribution in [0, 0.1) is 34.5 Å². The number of amides is 1. The fourth-order valence-electron chi connectivity index (χ4n) is 8.92. The van der Waals surface area contributed by atoms with E-state index in [0.717, 1.165) is 12.0 Å². The first kappa shape index (κ1) is 36.8. The van der Waals surface area contributed by atoms with E-state index >= 15 is 0 Å². The molecule has 4 aliphatic rings. The van der Waals surface area contributed by atoms with E-state index in [4.69, 9.17) is 14.2 Å². The monoisotopic (exact) mass is 659 g/mol. The topological polar surface area (TPSA) is 166 Å². The van der Waals surface area contributed by atoms with Crippen molar-refractivity contribution in [1.82, 2.24) is 5.32 Å². The van der Waals surface area contributed by atoms with Crippen molar-refractivity contribution in [3.8, 4) is 0 Å². The Morgan fingerprint density at radius 3 is 2.32 bits per heavy atom. The van der Waals surface area contributed by atoms with Crippen molar-refractivity contribution >= 4 is 29.6 Å². The number of rotatable bonds is 8. The molecule has 0 heterocycles. The van der Waals surface area contributed by atoms with Gasteiger partial charge in [-0.15, -0.1) is 0 Å². The number of carbonyl (C=O) groups excluding carboxylic acids is 5. The van der Waals surface area contributed by atoms with Crippen LogP contribution in [0.25, 0.3) is 0 Å². The Morgan fingerprint density at radius 1 is 1.06 bits per heavy atom. The number of carbonyl (C=O) groups is 5. The van der Waals surface area contributed by atoms with Crippen LogP contribution in [0.15, 0.2) is 23.8 Å². The number of alkyl carbamates (subject to hydrolysis) is 1. The summed E-state index contributed by atoms with van der Waals surface area (Å²) in [4.78, 5) is 64.2. The molecule has 9 atom stereocenters. The number of hydrogen-bond donors (Lipinski definition) is 3. The zero-order valence-corrected chi connectivity index (χ0v) is 29.3. The summed E-state index contributed by atoms with van der Waals surface area (Å²) >= 11 is 0. The molecule has 0 bridgehead atoms. The Balaban J connectivity index is 1.48. The molecule has 47 heavy (non-hydrogen) atoms. The number of ketones is 2. The molecule has 1 amide bonds. The number of ether oxygens (including phenoxy) is 3. The number of fused-ring (bicyclic) bond motifs is 5. The normalized spacial score (nSPS) is 35.4. The molecule has 0 saturated heterocycles. The highest BCUT2D eigenvalue weighted by molar-refractivity contribution is 6.01. The highest BCUT2D eigenvalue weighted by atomic mass is 16.6. The van der Waals surface area contributed by atoms with Gasteiger partial charge >= 0.3 is 18.0 Å². The van der Waals surface area contributed by atoms with E-state index in [9.17, 15) is 34.2 Å². The van der Waals surface area contributed by atoms with Crippen molar-refractivity contribution in [2.75, 3.05) is 6.61 Å². The van der Waals surface area contributed by atoms with E-state index in [-0.39, 0.29) is 55.1 Å². The summed E-state index contributed by atoms with van der Waals surface area (Å²) in [5.74, 6) is -2.43. The van der Waals surface area contributed by atoms with Gasteiger partial charge in [-0.05, 0) is 104 Å². The standard InChI is InChI=1S/C36H53NO10/c1-20-16-22-23-13-15-36(44,35(23,9)18-26(39)29(22)34(8)14-12-21(38)17-24(20)34)27(40)19-45-30(42)25(37-31(43)47-33(5,6)7)10-11-28(41)46-32(2,3)4/h12,14,17,20,22-23,25-26,29,39,44H,10-11,13,15-16,18-19H2,1-9H3,(H,37,43)/t20-,22+,23-,25-,26-,29+,34-,35-,36-/m0/s1. The van der Waals surface area contributed by atoms with E-state index in [1.54, 1.807) is 53.7 Å². The van der Waals surface area contributed by atoms with Crippen LogP contribution in [0.2, 0.25) is 0 Å². The molecule has 262 valence electrons. The lowest BCUT2D eigenvalue weighted by Gasteiger charge is -2.60. The van der Waals surface area contributed by atoms with Crippen molar-refractivity contribution < 1.29 is 48.4 Å². The molecule has 4 rings (SSSR count). The van der Waals surface area contributed by atoms with E-state index in [1.165, 1.54) is 0 Å². The third-order valence-electron chi connectivity index (χ3n) is 10.8. The van der Waals surface area contributed by atoms with Crippen LogP contribution in [0.3, 0.4) is 0 Å². The van der Waals surface area contributed by atoms with E-state index in [1.807, 2.05) is 13.0 Å². The van der Waals surface area contributed by atoms with Gasteiger partial charge in [-0.25, -0.2) is 9.59 Å². The molecule has 0 aromatic carbocycles.